The molecule has 0 aliphatic carbocycles. The lowest BCUT2D eigenvalue weighted by molar-refractivity contribution is -0.152. The maximum Gasteiger partial charge on any atom is 0.333 e. The molecule has 0 aliphatic heterocycles. The molecule has 2 aromatic heterocycles. The first kappa shape index (κ1) is 15.4. The molecule has 0 aromatic carbocycles. The van der Waals surface area contributed by atoms with E-state index in [0.717, 1.165) is 0 Å². The highest BCUT2D eigenvalue weighted by Crippen LogP contribution is 2.20. The third kappa shape index (κ3) is 3.20. The van der Waals surface area contributed by atoms with Gasteiger partial charge in [-0.15, -0.1) is 0 Å². The van der Waals surface area contributed by atoms with Crippen LogP contribution in [0.4, 0.5) is 11.5 Å². The molecule has 0 amide bonds. The first-order chi connectivity index (χ1) is 10.5. The van der Waals surface area contributed by atoms with E-state index in [1.807, 2.05) is 6.07 Å². The van der Waals surface area contributed by atoms with Crippen LogP contribution < -0.4 is 5.32 Å². The van der Waals surface area contributed by atoms with E-state index in [1.54, 1.807) is 33.2 Å². The van der Waals surface area contributed by atoms with E-state index in [2.05, 4.69) is 20.4 Å². The average molecular weight is 300 g/mol. The van der Waals surface area contributed by atoms with Crippen molar-refractivity contribution >= 4 is 17.5 Å². The molecule has 8 heteroatoms. The minimum Gasteiger partial charge on any atom is -0.464 e. The summed E-state index contributed by atoms with van der Waals surface area (Å²) >= 11 is 0. The van der Waals surface area contributed by atoms with Crippen molar-refractivity contribution in [2.45, 2.75) is 26.3 Å². The first-order valence-electron chi connectivity index (χ1n) is 6.69. The summed E-state index contributed by atoms with van der Waals surface area (Å²) in [4.78, 5) is 19.9. The highest BCUT2D eigenvalue weighted by Gasteiger charge is 2.32. The number of aromatic nitrogens is 4. The maximum absolute atomic E-state index is 11.9. The molecule has 2 heterocycles. The molecule has 8 nitrogen and oxygen atoms in total. The molecular weight excluding hydrogens is 284 g/mol. The number of esters is 1. The second-order valence-electron chi connectivity index (χ2n) is 4.98. The Balaban J connectivity index is 2.14. The molecule has 0 atom stereocenters. The Morgan fingerprint density at radius 3 is 2.77 bits per heavy atom. The van der Waals surface area contributed by atoms with Crippen LogP contribution in [0.5, 0.6) is 0 Å². The van der Waals surface area contributed by atoms with Crippen molar-refractivity contribution in [1.29, 1.82) is 5.26 Å². The Kier molecular flexibility index (Phi) is 4.36. The van der Waals surface area contributed by atoms with Crippen LogP contribution in [0.25, 0.3) is 0 Å². The van der Waals surface area contributed by atoms with Gasteiger partial charge in [0.2, 0.25) is 0 Å². The van der Waals surface area contributed by atoms with E-state index in [9.17, 15) is 4.79 Å². The zero-order valence-corrected chi connectivity index (χ0v) is 12.6. The van der Waals surface area contributed by atoms with Crippen LogP contribution in [0, 0.1) is 11.3 Å². The van der Waals surface area contributed by atoms with Gasteiger partial charge in [-0.2, -0.15) is 10.4 Å². The Bertz CT molecular complexity index is 699. The van der Waals surface area contributed by atoms with Gasteiger partial charge in [0.1, 0.15) is 11.9 Å². The molecule has 0 aliphatic rings. The average Bonchev–Trinajstić information content (AvgIpc) is 2.97. The zero-order chi connectivity index (χ0) is 16.2. The molecule has 1 N–H and O–H groups in total. The summed E-state index contributed by atoms with van der Waals surface area (Å²) < 4.78 is 6.56. The lowest BCUT2D eigenvalue weighted by Gasteiger charge is -2.22. The summed E-state index contributed by atoms with van der Waals surface area (Å²) in [5, 5.41) is 15.9. The van der Waals surface area contributed by atoms with Crippen molar-refractivity contribution in [3.63, 3.8) is 0 Å². The van der Waals surface area contributed by atoms with Gasteiger partial charge >= 0.3 is 5.97 Å². The van der Waals surface area contributed by atoms with Crippen molar-refractivity contribution in [3.05, 3.63) is 30.5 Å². The molecule has 0 spiro atoms. The standard InChI is InChI=1S/C14H16N6O2/c1-4-22-13(21)14(2,3)20-9-11(7-18-20)19-12-8-16-10(5-15)6-17-12/h6-9H,4H2,1-3H3,(H,17,19). The third-order valence-electron chi connectivity index (χ3n) is 2.97. The van der Waals surface area contributed by atoms with Gasteiger partial charge in [-0.3, -0.25) is 4.68 Å². The summed E-state index contributed by atoms with van der Waals surface area (Å²) in [6.07, 6.45) is 6.07. The van der Waals surface area contributed by atoms with Crippen LogP contribution >= 0.6 is 0 Å². The SMILES string of the molecule is CCOC(=O)C(C)(C)n1cc(Nc2cnc(C#N)cn2)cn1. The first-order valence-corrected chi connectivity index (χ1v) is 6.69. The number of anilines is 2. The number of ether oxygens (including phenoxy) is 1. The number of nitrogens with one attached hydrogen (secondary N) is 1. The smallest absolute Gasteiger partial charge is 0.333 e. The molecule has 0 radical (unpaired) electrons. The Labute approximate surface area is 127 Å². The van der Waals surface area contributed by atoms with Gasteiger partial charge in [-0.1, -0.05) is 0 Å². The van der Waals surface area contributed by atoms with Gasteiger partial charge in [0.05, 0.1) is 30.9 Å². The van der Waals surface area contributed by atoms with Crippen molar-refractivity contribution < 1.29 is 9.53 Å². The van der Waals surface area contributed by atoms with Gasteiger partial charge in [0.15, 0.2) is 11.2 Å². The summed E-state index contributed by atoms with van der Waals surface area (Å²) in [6, 6.07) is 1.90. The molecule has 0 saturated heterocycles. The van der Waals surface area contributed by atoms with Crippen molar-refractivity contribution in [3.8, 4) is 6.07 Å². The van der Waals surface area contributed by atoms with E-state index in [-0.39, 0.29) is 11.7 Å². The summed E-state index contributed by atoms with van der Waals surface area (Å²) in [7, 11) is 0. The number of hydrogen-bond acceptors (Lipinski definition) is 7. The number of nitrogens with zero attached hydrogens (tertiary/aromatic N) is 5. The van der Waals surface area contributed by atoms with Crippen molar-refractivity contribution in [2.24, 2.45) is 0 Å². The van der Waals surface area contributed by atoms with Crippen LogP contribution in [-0.2, 0) is 15.1 Å². The fourth-order valence-corrected chi connectivity index (χ4v) is 1.69. The highest BCUT2D eigenvalue weighted by molar-refractivity contribution is 5.77. The molecular formula is C14H16N6O2. The highest BCUT2D eigenvalue weighted by atomic mass is 16.5. The predicted octanol–water partition coefficient (Wildman–Crippen LogP) is 1.59. The quantitative estimate of drug-likeness (QED) is 0.835. The van der Waals surface area contributed by atoms with Gasteiger partial charge in [0, 0.05) is 6.20 Å². The van der Waals surface area contributed by atoms with E-state index in [0.29, 0.717) is 18.1 Å². The largest absolute Gasteiger partial charge is 0.464 e. The van der Waals surface area contributed by atoms with Crippen molar-refractivity contribution in [2.75, 3.05) is 11.9 Å². The second kappa shape index (κ2) is 6.22. The maximum atomic E-state index is 11.9. The normalized spacial score (nSPS) is 10.8. The van der Waals surface area contributed by atoms with Crippen LogP contribution in [0.1, 0.15) is 26.5 Å². The molecule has 22 heavy (non-hydrogen) atoms. The van der Waals surface area contributed by atoms with Crippen molar-refractivity contribution in [1.82, 2.24) is 19.7 Å². The molecule has 0 bridgehead atoms. The fourth-order valence-electron chi connectivity index (χ4n) is 1.69. The molecule has 0 saturated carbocycles. The summed E-state index contributed by atoms with van der Waals surface area (Å²) in [6.45, 7) is 5.52. The van der Waals surface area contributed by atoms with Crippen LogP contribution in [0.3, 0.4) is 0 Å². The number of hydrogen-bond donors (Lipinski definition) is 1. The zero-order valence-electron chi connectivity index (χ0n) is 12.6. The summed E-state index contributed by atoms with van der Waals surface area (Å²) in [5.41, 5.74) is -0.0206. The molecule has 2 rings (SSSR count). The fraction of sp³-hybridized carbons (Fsp3) is 0.357. The topological polar surface area (TPSA) is 106 Å². The number of carbonyl (C=O) groups is 1. The van der Waals surface area contributed by atoms with E-state index in [1.165, 1.54) is 17.1 Å². The van der Waals surface area contributed by atoms with Gasteiger partial charge in [0.25, 0.3) is 0 Å². The summed E-state index contributed by atoms with van der Waals surface area (Å²) in [5.74, 6) is 0.121. The predicted molar refractivity (Wildman–Crippen MR) is 78.2 cm³/mol. The Morgan fingerprint density at radius 1 is 1.41 bits per heavy atom. The number of nitriles is 1. The Morgan fingerprint density at radius 2 is 2.18 bits per heavy atom. The van der Waals surface area contributed by atoms with Gasteiger partial charge < -0.3 is 10.1 Å². The molecule has 0 unspecified atom stereocenters. The third-order valence-corrected chi connectivity index (χ3v) is 2.97. The lowest BCUT2D eigenvalue weighted by atomic mass is 10.1. The molecule has 2 aromatic rings. The second-order valence-corrected chi connectivity index (χ2v) is 4.98. The van der Waals surface area contributed by atoms with Crippen LogP contribution in [0.15, 0.2) is 24.8 Å². The minimum absolute atomic E-state index is 0.240. The number of rotatable bonds is 5. The van der Waals surface area contributed by atoms with E-state index in [4.69, 9.17) is 10.00 Å². The monoisotopic (exact) mass is 300 g/mol. The Hall–Kier alpha value is -2.95. The van der Waals surface area contributed by atoms with Gasteiger partial charge in [-0.25, -0.2) is 14.8 Å². The lowest BCUT2D eigenvalue weighted by Crippen LogP contribution is -2.37. The van der Waals surface area contributed by atoms with Crippen LogP contribution in [0.2, 0.25) is 0 Å². The molecule has 0 fully saturated rings. The van der Waals surface area contributed by atoms with E-state index >= 15 is 0 Å². The van der Waals surface area contributed by atoms with E-state index < -0.39 is 5.54 Å². The van der Waals surface area contributed by atoms with Crippen LogP contribution in [-0.4, -0.2) is 32.3 Å². The minimum atomic E-state index is -0.910. The van der Waals surface area contributed by atoms with Gasteiger partial charge in [-0.05, 0) is 20.8 Å². The molecule has 114 valence electrons. The number of carbonyl (C=O) groups excluding carboxylic acids is 1.